The van der Waals surface area contributed by atoms with Crippen molar-refractivity contribution in [2.75, 3.05) is 11.6 Å². The molecule has 0 aromatic heterocycles. The molecule has 2 aromatic rings. The molecular formula is C16H18FNS. The third-order valence-corrected chi connectivity index (χ3v) is 3.80. The van der Waals surface area contributed by atoms with Crippen LogP contribution in [0.25, 0.3) is 0 Å². The molecule has 0 aliphatic heterocycles. The van der Waals surface area contributed by atoms with Crippen molar-refractivity contribution in [3.63, 3.8) is 0 Å². The van der Waals surface area contributed by atoms with Gasteiger partial charge in [-0.2, -0.15) is 0 Å². The number of thioether (sulfide) groups is 1. The summed E-state index contributed by atoms with van der Waals surface area (Å²) in [7, 11) is 0. The molecule has 100 valence electrons. The summed E-state index contributed by atoms with van der Waals surface area (Å²) in [5.74, 6) is -0.185. The smallest absolute Gasteiger partial charge is 0.123 e. The van der Waals surface area contributed by atoms with Crippen LogP contribution in [0.5, 0.6) is 0 Å². The summed E-state index contributed by atoms with van der Waals surface area (Å²) in [4.78, 5) is 1.22. The average molecular weight is 275 g/mol. The van der Waals surface area contributed by atoms with E-state index in [2.05, 4.69) is 30.6 Å². The first-order valence-corrected chi connectivity index (χ1v) is 7.61. The van der Waals surface area contributed by atoms with E-state index in [1.165, 1.54) is 11.0 Å². The maximum atomic E-state index is 13.3. The predicted molar refractivity (Wildman–Crippen MR) is 81.3 cm³/mol. The van der Waals surface area contributed by atoms with Crippen LogP contribution >= 0.6 is 11.8 Å². The quantitative estimate of drug-likeness (QED) is 0.761. The summed E-state index contributed by atoms with van der Waals surface area (Å²) >= 11 is 1.72. The lowest BCUT2D eigenvalue weighted by molar-refractivity contribution is 0.621. The topological polar surface area (TPSA) is 12.0 Å². The number of nitrogens with one attached hydrogen (secondary N) is 1. The summed E-state index contributed by atoms with van der Waals surface area (Å²) in [5, 5.41) is 3.47. The molecule has 0 saturated carbocycles. The number of benzene rings is 2. The molecular weight excluding hydrogens is 257 g/mol. The highest BCUT2D eigenvalue weighted by Gasteiger charge is 2.09. The monoisotopic (exact) mass is 275 g/mol. The third-order valence-electron chi connectivity index (χ3n) is 3.07. The molecule has 19 heavy (non-hydrogen) atoms. The predicted octanol–water partition coefficient (Wildman–Crippen LogP) is 5.11. The van der Waals surface area contributed by atoms with E-state index in [0.29, 0.717) is 0 Å². The highest BCUT2D eigenvalue weighted by molar-refractivity contribution is 7.98. The van der Waals surface area contributed by atoms with Crippen LogP contribution in [0.2, 0.25) is 0 Å². The maximum absolute atomic E-state index is 13.3. The van der Waals surface area contributed by atoms with Crippen LogP contribution in [0.3, 0.4) is 0 Å². The number of hydrogen-bond donors (Lipinski definition) is 1. The van der Waals surface area contributed by atoms with Gasteiger partial charge in [-0.1, -0.05) is 25.1 Å². The van der Waals surface area contributed by atoms with Gasteiger partial charge in [0.05, 0.1) is 6.04 Å². The number of halogens is 1. The first kappa shape index (κ1) is 13.9. The second-order valence-electron chi connectivity index (χ2n) is 4.39. The molecule has 0 spiro atoms. The van der Waals surface area contributed by atoms with E-state index in [9.17, 15) is 4.39 Å². The van der Waals surface area contributed by atoms with Gasteiger partial charge in [-0.25, -0.2) is 4.39 Å². The molecule has 0 fully saturated rings. The zero-order valence-corrected chi connectivity index (χ0v) is 12.0. The van der Waals surface area contributed by atoms with Crippen LogP contribution in [-0.4, -0.2) is 6.26 Å². The highest BCUT2D eigenvalue weighted by Crippen LogP contribution is 2.25. The van der Waals surface area contributed by atoms with Gasteiger partial charge in [0.1, 0.15) is 5.82 Å². The van der Waals surface area contributed by atoms with E-state index in [4.69, 9.17) is 0 Å². The Morgan fingerprint density at radius 2 is 1.95 bits per heavy atom. The van der Waals surface area contributed by atoms with Crippen molar-refractivity contribution >= 4 is 17.4 Å². The molecule has 1 atom stereocenters. The molecule has 0 saturated heterocycles. The Bertz CT molecular complexity index is 542. The second-order valence-corrected chi connectivity index (χ2v) is 5.27. The van der Waals surface area contributed by atoms with E-state index >= 15 is 0 Å². The van der Waals surface area contributed by atoms with Crippen LogP contribution < -0.4 is 5.32 Å². The van der Waals surface area contributed by atoms with Crippen LogP contribution in [0, 0.1) is 5.82 Å². The van der Waals surface area contributed by atoms with Gasteiger partial charge < -0.3 is 5.32 Å². The van der Waals surface area contributed by atoms with Crippen molar-refractivity contribution < 1.29 is 4.39 Å². The molecule has 0 radical (unpaired) electrons. The van der Waals surface area contributed by atoms with Gasteiger partial charge in [0.15, 0.2) is 0 Å². The molecule has 3 heteroatoms. The number of rotatable bonds is 5. The summed E-state index contributed by atoms with van der Waals surface area (Å²) in [6.45, 7) is 2.10. The fourth-order valence-corrected chi connectivity index (χ4v) is 2.52. The Balaban J connectivity index is 2.18. The molecule has 2 rings (SSSR count). The van der Waals surface area contributed by atoms with Gasteiger partial charge in [-0.15, -0.1) is 11.8 Å². The number of hydrogen-bond acceptors (Lipinski definition) is 2. The summed E-state index contributed by atoms with van der Waals surface area (Å²) in [5.41, 5.74) is 2.06. The molecule has 0 aliphatic rings. The lowest BCUT2D eigenvalue weighted by Gasteiger charge is -2.19. The molecule has 2 aromatic carbocycles. The Hall–Kier alpha value is -1.48. The van der Waals surface area contributed by atoms with Crippen molar-refractivity contribution in [2.24, 2.45) is 0 Å². The summed E-state index contributed by atoms with van der Waals surface area (Å²) in [6, 6.07) is 15.2. The van der Waals surface area contributed by atoms with E-state index in [1.54, 1.807) is 23.9 Å². The molecule has 1 N–H and O–H groups in total. The van der Waals surface area contributed by atoms with Gasteiger partial charge in [0, 0.05) is 10.6 Å². The fourth-order valence-electron chi connectivity index (χ4n) is 2.06. The fraction of sp³-hybridized carbons (Fsp3) is 0.250. The van der Waals surface area contributed by atoms with Crippen molar-refractivity contribution in [3.05, 3.63) is 59.9 Å². The second kappa shape index (κ2) is 6.62. The minimum absolute atomic E-state index is 0.132. The SMILES string of the molecule is CCC(Nc1cccc(SC)c1)c1cccc(F)c1. The Kier molecular flexibility index (Phi) is 4.86. The number of anilines is 1. The molecule has 0 heterocycles. The summed E-state index contributed by atoms with van der Waals surface area (Å²) in [6.07, 6.45) is 2.97. The molecule has 1 nitrogen and oxygen atoms in total. The first-order valence-electron chi connectivity index (χ1n) is 6.39. The average Bonchev–Trinajstić information content (AvgIpc) is 2.45. The Morgan fingerprint density at radius 1 is 1.16 bits per heavy atom. The zero-order valence-electron chi connectivity index (χ0n) is 11.2. The molecule has 0 aliphatic carbocycles. The Labute approximate surface area is 118 Å². The molecule has 0 amide bonds. The lowest BCUT2D eigenvalue weighted by atomic mass is 10.0. The largest absolute Gasteiger partial charge is 0.378 e. The van der Waals surface area contributed by atoms with Gasteiger partial charge in [0.25, 0.3) is 0 Å². The summed E-state index contributed by atoms with van der Waals surface area (Å²) < 4.78 is 13.3. The van der Waals surface area contributed by atoms with E-state index in [1.807, 2.05) is 18.2 Å². The van der Waals surface area contributed by atoms with Gasteiger partial charge >= 0.3 is 0 Å². The minimum Gasteiger partial charge on any atom is -0.378 e. The van der Waals surface area contributed by atoms with Gasteiger partial charge in [0.2, 0.25) is 0 Å². The molecule has 0 bridgehead atoms. The van der Waals surface area contributed by atoms with Crippen LogP contribution in [0.1, 0.15) is 24.9 Å². The zero-order chi connectivity index (χ0) is 13.7. The first-order chi connectivity index (χ1) is 9.22. The van der Waals surface area contributed by atoms with Crippen LogP contribution in [-0.2, 0) is 0 Å². The van der Waals surface area contributed by atoms with E-state index in [0.717, 1.165) is 17.7 Å². The third kappa shape index (κ3) is 3.74. The minimum atomic E-state index is -0.185. The normalized spacial score (nSPS) is 12.2. The van der Waals surface area contributed by atoms with Gasteiger partial charge in [-0.05, 0) is 48.6 Å². The van der Waals surface area contributed by atoms with Crippen molar-refractivity contribution in [3.8, 4) is 0 Å². The van der Waals surface area contributed by atoms with E-state index < -0.39 is 0 Å². The van der Waals surface area contributed by atoms with E-state index in [-0.39, 0.29) is 11.9 Å². The lowest BCUT2D eigenvalue weighted by Crippen LogP contribution is -2.09. The van der Waals surface area contributed by atoms with Crippen LogP contribution in [0.15, 0.2) is 53.4 Å². The van der Waals surface area contributed by atoms with Crippen LogP contribution in [0.4, 0.5) is 10.1 Å². The van der Waals surface area contributed by atoms with Gasteiger partial charge in [-0.3, -0.25) is 0 Å². The van der Waals surface area contributed by atoms with Crippen molar-refractivity contribution in [1.29, 1.82) is 0 Å². The van der Waals surface area contributed by atoms with Crippen molar-refractivity contribution in [2.45, 2.75) is 24.3 Å². The van der Waals surface area contributed by atoms with Crippen molar-refractivity contribution in [1.82, 2.24) is 0 Å². The Morgan fingerprint density at radius 3 is 2.63 bits per heavy atom. The standard InChI is InChI=1S/C16H18FNS/c1-3-16(12-6-4-7-13(17)10-12)18-14-8-5-9-15(11-14)19-2/h4-11,16,18H,3H2,1-2H3. The highest BCUT2D eigenvalue weighted by atomic mass is 32.2. The maximum Gasteiger partial charge on any atom is 0.123 e. The molecule has 1 unspecified atom stereocenters.